The van der Waals surface area contributed by atoms with Crippen molar-refractivity contribution < 1.29 is 28.7 Å². The maximum Gasteiger partial charge on any atom is 0.329 e. The minimum Gasteiger partial charge on any atom is -0.381 e. The number of nitrogens with zero attached hydrogens (tertiary/aromatic N) is 3. The molecule has 296 valence electrons. The normalized spacial score (nSPS) is 16.6. The largest absolute Gasteiger partial charge is 0.381 e. The topological polar surface area (TPSA) is 175 Å². The van der Waals surface area contributed by atoms with E-state index in [1.54, 1.807) is 13.1 Å². The van der Waals surface area contributed by atoms with Crippen molar-refractivity contribution in [2.45, 2.75) is 38.3 Å². The Hall–Kier alpha value is -6.34. The fraction of sp³-hybridized carbons (Fsp3) is 0.302. The van der Waals surface area contributed by atoms with E-state index in [1.807, 2.05) is 61.5 Å². The summed E-state index contributed by atoms with van der Waals surface area (Å²) < 4.78 is 15.2. The molecule has 2 aliphatic rings. The summed E-state index contributed by atoms with van der Waals surface area (Å²) in [4.78, 5) is 68.0. The van der Waals surface area contributed by atoms with Crippen molar-refractivity contribution in [1.29, 1.82) is 0 Å². The van der Waals surface area contributed by atoms with Gasteiger partial charge in [-0.15, -0.1) is 11.3 Å². The van der Waals surface area contributed by atoms with E-state index in [0.29, 0.717) is 35.5 Å². The summed E-state index contributed by atoms with van der Waals surface area (Å²) in [7, 11) is 1.67. The van der Waals surface area contributed by atoms with E-state index >= 15 is 0 Å². The van der Waals surface area contributed by atoms with Crippen LogP contribution in [0.3, 0.4) is 0 Å². The van der Waals surface area contributed by atoms with Crippen molar-refractivity contribution in [2.24, 2.45) is 7.05 Å². The summed E-state index contributed by atoms with van der Waals surface area (Å²) in [6.45, 7) is 3.55. The van der Waals surface area contributed by atoms with Crippen LogP contribution in [0.25, 0.3) is 43.3 Å². The van der Waals surface area contributed by atoms with Crippen LogP contribution in [0.5, 0.6) is 0 Å². The number of aryl methyl sites for hydroxylation is 1. The molecule has 2 atom stereocenters. The van der Waals surface area contributed by atoms with Crippen molar-refractivity contribution in [1.82, 2.24) is 30.1 Å². The number of para-hydroxylation sites is 1. The zero-order chi connectivity index (χ0) is 40.3. The lowest BCUT2D eigenvalue weighted by Gasteiger charge is -2.21. The zero-order valence-electron chi connectivity index (χ0n) is 32.0. The number of imidazole rings is 1. The van der Waals surface area contributed by atoms with Gasteiger partial charge in [-0.25, -0.2) is 9.78 Å². The molecular formula is C43H41N7O7S. The third-order valence-electron chi connectivity index (χ3n) is 10.3. The standard InChI is InChI=1S/C43H41N7O7S/c1-25-23-45-38-37-29-12-13-30(47-31(29)14-16-34(37)58-40(38)42(54)46-25)27-10-8-26(9-11-27)5-4-19-44-36(52)24-57-22-21-56-20-18-28-6-3-7-32-39(28)49(2)43(55)50(32)33-15-17-35(51)48-41(33)53/h3,6-14,16,25,33,45H,15,17-24H2,1-2H3,(H,44,52)(H,46,54)(H,48,51,53)/t25-,33?/m1/s1. The lowest BCUT2D eigenvalue weighted by Crippen LogP contribution is -2.44. The molecule has 3 aromatic heterocycles. The average molecular weight is 800 g/mol. The SMILES string of the molecule is C[C@@H]1CNc2c(sc3ccc4nc(-c5ccc(C#CCNC(=O)COCCOCCc6cccc7c6n(C)c(=O)n7C6CCC(=O)NC6=O)cc5)ccc4c23)C(=O)N1. The van der Waals surface area contributed by atoms with Gasteiger partial charge in [-0.05, 0) is 67.8 Å². The van der Waals surface area contributed by atoms with Gasteiger partial charge in [-0.1, -0.05) is 36.1 Å². The highest BCUT2D eigenvalue weighted by Gasteiger charge is 2.31. The minimum atomic E-state index is -0.743. The molecule has 4 amide bonds. The number of pyridine rings is 1. The van der Waals surface area contributed by atoms with E-state index in [9.17, 15) is 24.0 Å². The van der Waals surface area contributed by atoms with Crippen molar-refractivity contribution in [3.63, 3.8) is 0 Å². The second-order valence-electron chi connectivity index (χ2n) is 14.3. The number of anilines is 1. The number of carbonyl (C=O) groups is 4. The first-order valence-electron chi connectivity index (χ1n) is 19.1. The first kappa shape index (κ1) is 38.5. The molecular weight excluding hydrogens is 759 g/mol. The number of hydrogen-bond donors (Lipinski definition) is 4. The van der Waals surface area contributed by atoms with Gasteiger partial charge < -0.3 is 25.4 Å². The molecule has 8 rings (SSSR count). The molecule has 0 bridgehead atoms. The van der Waals surface area contributed by atoms with Crippen LogP contribution in [-0.4, -0.2) is 83.3 Å². The number of hydrogen-bond acceptors (Lipinski definition) is 10. The van der Waals surface area contributed by atoms with Crippen LogP contribution in [0.4, 0.5) is 5.69 Å². The monoisotopic (exact) mass is 799 g/mol. The number of ether oxygens (including phenoxy) is 2. The molecule has 58 heavy (non-hydrogen) atoms. The lowest BCUT2D eigenvalue weighted by atomic mass is 10.0. The van der Waals surface area contributed by atoms with E-state index in [-0.39, 0.29) is 68.7 Å². The molecule has 14 nitrogen and oxygen atoms in total. The first-order valence-corrected chi connectivity index (χ1v) is 19.9. The van der Waals surface area contributed by atoms with Crippen LogP contribution in [-0.2, 0) is 37.3 Å². The van der Waals surface area contributed by atoms with E-state index in [4.69, 9.17) is 14.5 Å². The summed E-state index contributed by atoms with van der Waals surface area (Å²) in [5.41, 5.74) is 6.22. The summed E-state index contributed by atoms with van der Waals surface area (Å²) >= 11 is 1.49. The number of thiophene rings is 1. The molecule has 5 heterocycles. The Morgan fingerprint density at radius 1 is 1.00 bits per heavy atom. The van der Waals surface area contributed by atoms with E-state index in [2.05, 4.69) is 39.2 Å². The van der Waals surface area contributed by atoms with Gasteiger partial charge in [-0.2, -0.15) is 0 Å². The maximum absolute atomic E-state index is 13.1. The number of carbonyl (C=O) groups excluding carboxylic acids is 4. The molecule has 15 heteroatoms. The summed E-state index contributed by atoms with van der Waals surface area (Å²) in [5, 5.41) is 13.6. The Labute approximate surface area is 336 Å². The van der Waals surface area contributed by atoms with Crippen molar-refractivity contribution in [2.75, 3.05) is 44.8 Å². The van der Waals surface area contributed by atoms with Gasteiger partial charge in [0.1, 0.15) is 17.5 Å². The third kappa shape index (κ3) is 7.82. The molecule has 0 radical (unpaired) electrons. The van der Waals surface area contributed by atoms with Crippen LogP contribution < -0.4 is 27.0 Å². The molecule has 0 aliphatic carbocycles. The van der Waals surface area contributed by atoms with Crippen molar-refractivity contribution >= 4 is 72.7 Å². The first-order chi connectivity index (χ1) is 28.2. The van der Waals surface area contributed by atoms with Gasteiger partial charge in [-0.3, -0.25) is 33.6 Å². The highest BCUT2D eigenvalue weighted by Crippen LogP contribution is 2.41. The van der Waals surface area contributed by atoms with Gasteiger partial charge in [0, 0.05) is 52.7 Å². The average Bonchev–Trinajstić information content (AvgIpc) is 3.68. The zero-order valence-corrected chi connectivity index (χ0v) is 32.8. The number of imide groups is 1. The Balaban J connectivity index is 0.775. The fourth-order valence-electron chi connectivity index (χ4n) is 7.47. The van der Waals surface area contributed by atoms with Crippen LogP contribution in [0.15, 0.2) is 71.5 Å². The molecule has 4 N–H and O–H groups in total. The van der Waals surface area contributed by atoms with Crippen LogP contribution >= 0.6 is 11.3 Å². The number of amides is 4. The number of benzene rings is 3. The number of nitrogens with one attached hydrogen (secondary N) is 4. The Kier molecular flexibility index (Phi) is 11.1. The van der Waals surface area contributed by atoms with Crippen molar-refractivity contribution in [3.05, 3.63) is 93.2 Å². The molecule has 0 saturated carbocycles. The summed E-state index contributed by atoms with van der Waals surface area (Å²) in [6.07, 6.45) is 0.972. The van der Waals surface area contributed by atoms with Gasteiger partial charge in [0.25, 0.3) is 5.91 Å². The maximum atomic E-state index is 13.1. The summed E-state index contributed by atoms with van der Waals surface area (Å²) in [6, 6.07) is 20.7. The Morgan fingerprint density at radius 3 is 2.66 bits per heavy atom. The Morgan fingerprint density at radius 2 is 1.83 bits per heavy atom. The van der Waals surface area contributed by atoms with E-state index in [1.165, 1.54) is 20.5 Å². The Bertz CT molecular complexity index is 2720. The van der Waals surface area contributed by atoms with E-state index < -0.39 is 11.9 Å². The van der Waals surface area contributed by atoms with Gasteiger partial charge in [0.05, 0.1) is 54.3 Å². The molecule has 3 aromatic carbocycles. The number of aromatic nitrogens is 3. The molecule has 2 aliphatic heterocycles. The van der Waals surface area contributed by atoms with Crippen LogP contribution in [0.2, 0.25) is 0 Å². The van der Waals surface area contributed by atoms with E-state index in [0.717, 1.165) is 49.1 Å². The molecule has 0 spiro atoms. The van der Waals surface area contributed by atoms with Gasteiger partial charge in [0.15, 0.2) is 0 Å². The number of fused-ring (bicyclic) bond motifs is 6. The third-order valence-corrected chi connectivity index (χ3v) is 11.5. The molecule has 1 unspecified atom stereocenters. The van der Waals surface area contributed by atoms with Gasteiger partial charge in [0.2, 0.25) is 17.7 Å². The van der Waals surface area contributed by atoms with Crippen LogP contribution in [0.1, 0.15) is 46.6 Å². The molecule has 1 fully saturated rings. The summed E-state index contributed by atoms with van der Waals surface area (Å²) in [5.74, 6) is 4.91. The second kappa shape index (κ2) is 16.6. The van der Waals surface area contributed by atoms with Crippen molar-refractivity contribution in [3.8, 4) is 23.1 Å². The highest BCUT2D eigenvalue weighted by atomic mass is 32.1. The minimum absolute atomic E-state index is 0.0390. The van der Waals surface area contributed by atoms with Crippen LogP contribution in [0, 0.1) is 11.8 Å². The quantitative estimate of drug-likeness (QED) is 0.0857. The smallest absolute Gasteiger partial charge is 0.329 e. The number of piperidine rings is 1. The fourth-order valence-corrected chi connectivity index (χ4v) is 8.57. The molecule has 6 aromatic rings. The highest BCUT2D eigenvalue weighted by molar-refractivity contribution is 7.21. The predicted molar refractivity (Wildman–Crippen MR) is 222 cm³/mol. The van der Waals surface area contributed by atoms with Gasteiger partial charge >= 0.3 is 5.69 Å². The second-order valence-corrected chi connectivity index (χ2v) is 15.3. The lowest BCUT2D eigenvalue weighted by molar-refractivity contribution is -0.135. The predicted octanol–water partition coefficient (Wildman–Crippen LogP) is 4.04. The molecule has 1 saturated heterocycles. The number of rotatable bonds is 11.